The fourth-order valence-corrected chi connectivity index (χ4v) is 2.87. The lowest BCUT2D eigenvalue weighted by Gasteiger charge is -2.28. The van der Waals surface area contributed by atoms with Gasteiger partial charge in [0, 0.05) is 13.0 Å². The third-order valence-corrected chi connectivity index (χ3v) is 4.13. The lowest BCUT2D eigenvalue weighted by molar-refractivity contribution is -0.137. The van der Waals surface area contributed by atoms with E-state index in [2.05, 4.69) is 17.6 Å². The molecule has 1 rings (SSSR count). The summed E-state index contributed by atoms with van der Waals surface area (Å²) in [4.78, 5) is 22.8. The average molecular weight is 284 g/mol. The molecule has 2 unspecified atom stereocenters. The van der Waals surface area contributed by atoms with Crippen LogP contribution in [0.15, 0.2) is 0 Å². The molecule has 1 amide bonds. The van der Waals surface area contributed by atoms with Crippen LogP contribution in [0.4, 0.5) is 0 Å². The smallest absolute Gasteiger partial charge is 0.303 e. The number of amides is 1. The molecule has 1 fully saturated rings. The SMILES string of the molecule is CCCC1(C(=O)NCCC(C)CCC(=O)O)CCCN1. The van der Waals surface area contributed by atoms with E-state index in [4.69, 9.17) is 5.11 Å². The van der Waals surface area contributed by atoms with Crippen molar-refractivity contribution in [1.29, 1.82) is 0 Å². The summed E-state index contributed by atoms with van der Waals surface area (Å²) in [7, 11) is 0. The van der Waals surface area contributed by atoms with Crippen LogP contribution in [-0.2, 0) is 9.59 Å². The Balaban J connectivity index is 2.29. The number of hydrogen-bond acceptors (Lipinski definition) is 3. The minimum atomic E-state index is -0.752. The minimum Gasteiger partial charge on any atom is -0.481 e. The van der Waals surface area contributed by atoms with E-state index in [1.165, 1.54) is 0 Å². The molecule has 0 aromatic carbocycles. The third kappa shape index (κ3) is 5.12. The topological polar surface area (TPSA) is 78.4 Å². The number of carboxylic acids is 1. The van der Waals surface area contributed by atoms with E-state index in [1.54, 1.807) is 0 Å². The van der Waals surface area contributed by atoms with Gasteiger partial charge in [0.2, 0.25) is 5.91 Å². The summed E-state index contributed by atoms with van der Waals surface area (Å²) in [5.41, 5.74) is -0.362. The van der Waals surface area contributed by atoms with Crippen LogP contribution < -0.4 is 10.6 Å². The number of rotatable bonds is 9. The number of aliphatic carboxylic acids is 1. The van der Waals surface area contributed by atoms with Gasteiger partial charge >= 0.3 is 5.97 Å². The van der Waals surface area contributed by atoms with Crippen LogP contribution in [0.3, 0.4) is 0 Å². The van der Waals surface area contributed by atoms with Crippen molar-refractivity contribution in [2.24, 2.45) is 5.92 Å². The summed E-state index contributed by atoms with van der Waals surface area (Å²) in [5, 5.41) is 15.0. The second-order valence-electron chi connectivity index (χ2n) is 5.94. The van der Waals surface area contributed by atoms with E-state index in [9.17, 15) is 9.59 Å². The second-order valence-corrected chi connectivity index (χ2v) is 5.94. The maximum absolute atomic E-state index is 12.3. The van der Waals surface area contributed by atoms with Gasteiger partial charge in [-0.05, 0) is 44.6 Å². The number of carbonyl (C=O) groups is 2. The van der Waals surface area contributed by atoms with Gasteiger partial charge in [0.05, 0.1) is 5.54 Å². The highest BCUT2D eigenvalue weighted by Gasteiger charge is 2.39. The first-order valence-corrected chi connectivity index (χ1v) is 7.75. The summed E-state index contributed by atoms with van der Waals surface area (Å²) < 4.78 is 0. The first kappa shape index (κ1) is 17.0. The van der Waals surface area contributed by atoms with Gasteiger partial charge in [-0.15, -0.1) is 0 Å². The van der Waals surface area contributed by atoms with Crippen molar-refractivity contribution in [1.82, 2.24) is 10.6 Å². The van der Waals surface area contributed by atoms with E-state index in [0.717, 1.165) is 38.6 Å². The van der Waals surface area contributed by atoms with E-state index < -0.39 is 5.97 Å². The lowest BCUT2D eigenvalue weighted by Crippen LogP contribution is -2.53. The van der Waals surface area contributed by atoms with E-state index >= 15 is 0 Å². The molecule has 2 atom stereocenters. The van der Waals surface area contributed by atoms with Gasteiger partial charge in [0.1, 0.15) is 0 Å². The summed E-state index contributed by atoms with van der Waals surface area (Å²) >= 11 is 0. The third-order valence-electron chi connectivity index (χ3n) is 4.13. The lowest BCUT2D eigenvalue weighted by atomic mass is 9.90. The molecule has 5 nitrogen and oxygen atoms in total. The van der Waals surface area contributed by atoms with Crippen molar-refractivity contribution >= 4 is 11.9 Å². The largest absolute Gasteiger partial charge is 0.481 e. The Bertz CT molecular complexity index is 325. The fraction of sp³-hybridized carbons (Fsp3) is 0.867. The highest BCUT2D eigenvalue weighted by Crippen LogP contribution is 2.25. The Labute approximate surface area is 121 Å². The monoisotopic (exact) mass is 284 g/mol. The average Bonchev–Trinajstić information content (AvgIpc) is 2.86. The normalized spacial score (nSPS) is 23.5. The zero-order valence-corrected chi connectivity index (χ0v) is 12.7. The quantitative estimate of drug-likeness (QED) is 0.604. The molecular formula is C15H28N2O3. The highest BCUT2D eigenvalue weighted by molar-refractivity contribution is 5.86. The van der Waals surface area contributed by atoms with Gasteiger partial charge < -0.3 is 15.7 Å². The maximum atomic E-state index is 12.3. The molecule has 5 heteroatoms. The minimum absolute atomic E-state index is 0.113. The Morgan fingerprint density at radius 1 is 1.40 bits per heavy atom. The standard InChI is InChI=1S/C15H28N2O3/c1-3-8-15(9-4-10-17-15)14(20)16-11-7-12(2)5-6-13(18)19/h12,17H,3-11H2,1-2H3,(H,16,20)(H,18,19). The van der Waals surface area contributed by atoms with Crippen LogP contribution >= 0.6 is 0 Å². The van der Waals surface area contributed by atoms with Gasteiger partial charge in [-0.2, -0.15) is 0 Å². The molecule has 0 aromatic rings. The summed E-state index contributed by atoms with van der Waals surface area (Å²) in [6.45, 7) is 5.68. The van der Waals surface area contributed by atoms with Crippen molar-refractivity contribution in [2.75, 3.05) is 13.1 Å². The van der Waals surface area contributed by atoms with Gasteiger partial charge in [-0.3, -0.25) is 9.59 Å². The molecule has 3 N–H and O–H groups in total. The molecule has 0 aromatic heterocycles. The molecule has 0 bridgehead atoms. The number of carboxylic acid groups (broad SMARTS) is 1. The zero-order chi connectivity index (χ0) is 15.0. The van der Waals surface area contributed by atoms with Gasteiger partial charge in [-0.1, -0.05) is 20.3 Å². The Morgan fingerprint density at radius 3 is 2.70 bits per heavy atom. The molecule has 0 spiro atoms. The molecule has 1 aliphatic heterocycles. The van der Waals surface area contributed by atoms with Crippen LogP contribution in [-0.4, -0.2) is 35.6 Å². The first-order chi connectivity index (χ1) is 9.50. The summed E-state index contributed by atoms with van der Waals surface area (Å²) in [5.74, 6) is -0.315. The maximum Gasteiger partial charge on any atom is 0.303 e. The molecule has 0 saturated carbocycles. The van der Waals surface area contributed by atoms with Gasteiger partial charge in [0.15, 0.2) is 0 Å². The van der Waals surface area contributed by atoms with Crippen LogP contribution in [0, 0.1) is 5.92 Å². The van der Waals surface area contributed by atoms with Gasteiger partial charge in [0.25, 0.3) is 0 Å². The van der Waals surface area contributed by atoms with Crippen molar-refractivity contribution < 1.29 is 14.7 Å². The molecule has 1 saturated heterocycles. The van der Waals surface area contributed by atoms with Crippen LogP contribution in [0.2, 0.25) is 0 Å². The van der Waals surface area contributed by atoms with Crippen molar-refractivity contribution in [3.8, 4) is 0 Å². The molecular weight excluding hydrogens is 256 g/mol. The first-order valence-electron chi connectivity index (χ1n) is 7.75. The van der Waals surface area contributed by atoms with Crippen LogP contribution in [0.1, 0.15) is 58.8 Å². The van der Waals surface area contributed by atoms with Crippen LogP contribution in [0.5, 0.6) is 0 Å². The summed E-state index contributed by atoms with van der Waals surface area (Å²) in [6.07, 6.45) is 5.56. The predicted octanol–water partition coefficient (Wildman–Crippen LogP) is 1.92. The highest BCUT2D eigenvalue weighted by atomic mass is 16.4. The molecule has 1 heterocycles. The molecule has 20 heavy (non-hydrogen) atoms. The van der Waals surface area contributed by atoms with Crippen molar-refractivity contribution in [2.45, 2.75) is 64.3 Å². The Hall–Kier alpha value is -1.10. The van der Waals surface area contributed by atoms with Crippen molar-refractivity contribution in [3.05, 3.63) is 0 Å². The van der Waals surface area contributed by atoms with Gasteiger partial charge in [-0.25, -0.2) is 0 Å². The number of carbonyl (C=O) groups excluding carboxylic acids is 1. The van der Waals surface area contributed by atoms with Crippen LogP contribution in [0.25, 0.3) is 0 Å². The molecule has 116 valence electrons. The van der Waals surface area contributed by atoms with E-state index in [-0.39, 0.29) is 17.9 Å². The van der Waals surface area contributed by atoms with E-state index in [0.29, 0.717) is 18.9 Å². The fourth-order valence-electron chi connectivity index (χ4n) is 2.87. The second kappa shape index (κ2) is 8.25. The van der Waals surface area contributed by atoms with Crippen molar-refractivity contribution in [3.63, 3.8) is 0 Å². The number of nitrogens with one attached hydrogen (secondary N) is 2. The van der Waals surface area contributed by atoms with E-state index in [1.807, 2.05) is 6.92 Å². The Kier molecular flexibility index (Phi) is 6.99. The molecule has 0 radical (unpaired) electrons. The Morgan fingerprint density at radius 2 is 2.15 bits per heavy atom. The zero-order valence-electron chi connectivity index (χ0n) is 12.7. The molecule has 0 aliphatic carbocycles. The number of hydrogen-bond donors (Lipinski definition) is 3. The molecule has 1 aliphatic rings. The summed E-state index contributed by atoms with van der Waals surface area (Å²) in [6, 6.07) is 0. The predicted molar refractivity (Wildman–Crippen MR) is 78.5 cm³/mol.